The van der Waals surface area contributed by atoms with Crippen LogP contribution in [0.15, 0.2) is 48.7 Å². The number of ketones is 1. The summed E-state index contributed by atoms with van der Waals surface area (Å²) in [6, 6.07) is 10.8. The van der Waals surface area contributed by atoms with Gasteiger partial charge in [-0.15, -0.1) is 0 Å². The van der Waals surface area contributed by atoms with Crippen molar-refractivity contribution in [3.05, 3.63) is 77.4 Å². The van der Waals surface area contributed by atoms with Gasteiger partial charge < -0.3 is 4.90 Å². The lowest BCUT2D eigenvalue weighted by molar-refractivity contribution is -0.118. The number of hydrogen-bond donors (Lipinski definition) is 0. The first-order chi connectivity index (χ1) is 14.8. The Hall–Kier alpha value is -3.48. The van der Waals surface area contributed by atoms with Crippen LogP contribution in [-0.4, -0.2) is 28.7 Å². The molecule has 0 bridgehead atoms. The molecule has 0 N–H and O–H groups in total. The van der Waals surface area contributed by atoms with Gasteiger partial charge in [-0.25, -0.2) is 9.37 Å². The Morgan fingerprint density at radius 3 is 2.39 bits per heavy atom. The van der Waals surface area contributed by atoms with Crippen LogP contribution in [0.4, 0.5) is 14.5 Å². The number of nitrogens with zero attached hydrogens (tertiary/aromatic N) is 3. The first-order valence-electron chi connectivity index (χ1n) is 9.98. The standard InChI is InChI=1S/C24H23F2N3O2/c1-4-24(31)29(3)21-10-6-17(13-19(21)25)18-5-9-20(27-14-18)22(30)11-7-16-8-12-23(26)28-15(16)2/h5-6,8-10,12-14H,4,7,11H2,1-3H3. The Bertz CT molecular complexity index is 1110. The zero-order valence-electron chi connectivity index (χ0n) is 17.7. The third kappa shape index (κ3) is 5.17. The molecule has 0 spiro atoms. The second-order valence-electron chi connectivity index (χ2n) is 7.21. The van der Waals surface area contributed by atoms with Gasteiger partial charge in [0.05, 0.1) is 5.69 Å². The smallest absolute Gasteiger partial charge is 0.226 e. The number of Topliss-reactive ketones (excluding diaryl/α,β-unsaturated/α-hetero) is 1. The van der Waals surface area contributed by atoms with Gasteiger partial charge in [-0.05, 0) is 48.7 Å². The number of rotatable bonds is 7. The quantitative estimate of drug-likeness (QED) is 0.400. The first kappa shape index (κ1) is 22.2. The molecule has 0 saturated heterocycles. The molecule has 0 radical (unpaired) electrons. The normalized spacial score (nSPS) is 10.7. The molecule has 2 aromatic heterocycles. The molecule has 0 atom stereocenters. The van der Waals surface area contributed by atoms with Crippen LogP contribution in [0.3, 0.4) is 0 Å². The fourth-order valence-electron chi connectivity index (χ4n) is 3.26. The molecule has 5 nitrogen and oxygen atoms in total. The van der Waals surface area contributed by atoms with Gasteiger partial charge in [0.15, 0.2) is 5.78 Å². The lowest BCUT2D eigenvalue weighted by Crippen LogP contribution is -2.25. The van der Waals surface area contributed by atoms with Crippen molar-refractivity contribution < 1.29 is 18.4 Å². The summed E-state index contributed by atoms with van der Waals surface area (Å²) in [5.41, 5.74) is 3.15. The summed E-state index contributed by atoms with van der Waals surface area (Å²) in [7, 11) is 1.54. The van der Waals surface area contributed by atoms with E-state index in [1.165, 1.54) is 30.3 Å². The summed E-state index contributed by atoms with van der Waals surface area (Å²) in [5.74, 6) is -1.37. The van der Waals surface area contributed by atoms with E-state index in [4.69, 9.17) is 0 Å². The molecule has 0 unspecified atom stereocenters. The molecule has 31 heavy (non-hydrogen) atoms. The maximum atomic E-state index is 14.5. The van der Waals surface area contributed by atoms with Crippen molar-refractivity contribution in [1.82, 2.24) is 9.97 Å². The third-order valence-corrected chi connectivity index (χ3v) is 5.15. The van der Waals surface area contributed by atoms with E-state index in [0.29, 0.717) is 28.9 Å². The molecular formula is C24H23F2N3O2. The van der Waals surface area contributed by atoms with E-state index in [0.717, 1.165) is 5.56 Å². The van der Waals surface area contributed by atoms with E-state index in [9.17, 15) is 18.4 Å². The average Bonchev–Trinajstić information content (AvgIpc) is 2.77. The Morgan fingerprint density at radius 1 is 1.03 bits per heavy atom. The predicted octanol–water partition coefficient (Wildman–Crippen LogP) is 4.92. The fourth-order valence-corrected chi connectivity index (χ4v) is 3.26. The number of hydrogen-bond acceptors (Lipinski definition) is 4. The number of benzene rings is 1. The van der Waals surface area contributed by atoms with E-state index in [2.05, 4.69) is 9.97 Å². The molecule has 1 aromatic carbocycles. The zero-order valence-corrected chi connectivity index (χ0v) is 17.7. The topological polar surface area (TPSA) is 63.2 Å². The number of carbonyl (C=O) groups excluding carboxylic acids is 2. The molecule has 0 aliphatic rings. The van der Waals surface area contributed by atoms with Gasteiger partial charge in [-0.1, -0.05) is 25.1 Å². The monoisotopic (exact) mass is 423 g/mol. The Labute approximate surface area is 179 Å². The second kappa shape index (κ2) is 9.55. The minimum Gasteiger partial charge on any atom is -0.313 e. The molecule has 3 aromatic rings. The highest BCUT2D eigenvalue weighted by Crippen LogP contribution is 2.26. The van der Waals surface area contributed by atoms with Gasteiger partial charge in [-0.2, -0.15) is 4.39 Å². The van der Waals surface area contributed by atoms with E-state index in [1.807, 2.05) is 0 Å². The van der Waals surface area contributed by atoms with Gasteiger partial charge >= 0.3 is 0 Å². The number of aromatic nitrogens is 2. The first-order valence-corrected chi connectivity index (χ1v) is 9.98. The highest BCUT2D eigenvalue weighted by atomic mass is 19.1. The van der Waals surface area contributed by atoms with E-state index in [1.54, 1.807) is 44.2 Å². The Morgan fingerprint density at radius 2 is 1.77 bits per heavy atom. The van der Waals surface area contributed by atoms with Gasteiger partial charge in [-0.3, -0.25) is 14.6 Å². The van der Waals surface area contributed by atoms with Crippen molar-refractivity contribution in [2.75, 3.05) is 11.9 Å². The van der Waals surface area contributed by atoms with Crippen LogP contribution in [0.2, 0.25) is 0 Å². The van der Waals surface area contributed by atoms with Gasteiger partial charge in [0, 0.05) is 37.3 Å². The van der Waals surface area contributed by atoms with Crippen LogP contribution < -0.4 is 4.90 Å². The number of halogens is 2. The Balaban J connectivity index is 1.70. The summed E-state index contributed by atoms with van der Waals surface area (Å²) in [6.45, 7) is 3.42. The highest BCUT2D eigenvalue weighted by Gasteiger charge is 2.15. The SMILES string of the molecule is CCC(=O)N(C)c1ccc(-c2ccc(C(=O)CCc3ccc(F)nc3C)nc2)cc1F. The van der Waals surface area contributed by atoms with Crippen LogP contribution >= 0.6 is 0 Å². The molecule has 160 valence electrons. The summed E-state index contributed by atoms with van der Waals surface area (Å²) in [6.07, 6.45) is 2.47. The van der Waals surface area contributed by atoms with Crippen molar-refractivity contribution in [2.24, 2.45) is 0 Å². The summed E-state index contributed by atoms with van der Waals surface area (Å²) >= 11 is 0. The van der Waals surface area contributed by atoms with Crippen LogP contribution in [0, 0.1) is 18.7 Å². The molecule has 0 saturated carbocycles. The van der Waals surface area contributed by atoms with E-state index in [-0.39, 0.29) is 30.2 Å². The highest BCUT2D eigenvalue weighted by molar-refractivity contribution is 5.95. The molecule has 2 heterocycles. The minimum atomic E-state index is -0.544. The van der Waals surface area contributed by atoms with E-state index >= 15 is 0 Å². The molecule has 7 heteroatoms. The van der Waals surface area contributed by atoms with Crippen LogP contribution in [0.25, 0.3) is 11.1 Å². The van der Waals surface area contributed by atoms with Crippen molar-refractivity contribution in [2.45, 2.75) is 33.1 Å². The number of anilines is 1. The lowest BCUT2D eigenvalue weighted by Gasteiger charge is -2.17. The summed E-state index contributed by atoms with van der Waals surface area (Å²) in [5, 5.41) is 0. The van der Waals surface area contributed by atoms with Gasteiger partial charge in [0.25, 0.3) is 0 Å². The lowest BCUT2D eigenvalue weighted by atomic mass is 10.0. The minimum absolute atomic E-state index is 0.142. The van der Waals surface area contributed by atoms with Gasteiger partial charge in [0.1, 0.15) is 11.5 Å². The number of amides is 1. The maximum Gasteiger partial charge on any atom is 0.226 e. The predicted molar refractivity (Wildman–Crippen MR) is 115 cm³/mol. The van der Waals surface area contributed by atoms with Crippen LogP contribution in [0.1, 0.15) is 41.5 Å². The molecule has 0 aliphatic carbocycles. The van der Waals surface area contributed by atoms with Crippen LogP contribution in [0.5, 0.6) is 0 Å². The number of carbonyl (C=O) groups is 2. The van der Waals surface area contributed by atoms with Crippen molar-refractivity contribution in [1.29, 1.82) is 0 Å². The molecular weight excluding hydrogens is 400 g/mol. The number of aryl methyl sites for hydroxylation is 2. The number of pyridine rings is 2. The third-order valence-electron chi connectivity index (χ3n) is 5.15. The molecule has 0 fully saturated rings. The maximum absolute atomic E-state index is 14.5. The fraction of sp³-hybridized carbons (Fsp3) is 0.250. The van der Waals surface area contributed by atoms with Gasteiger partial charge in [0.2, 0.25) is 11.9 Å². The largest absolute Gasteiger partial charge is 0.313 e. The summed E-state index contributed by atoms with van der Waals surface area (Å²) < 4.78 is 27.6. The summed E-state index contributed by atoms with van der Waals surface area (Å²) in [4.78, 5) is 33.5. The Kier molecular flexibility index (Phi) is 6.84. The van der Waals surface area contributed by atoms with Crippen molar-refractivity contribution in [3.8, 4) is 11.1 Å². The van der Waals surface area contributed by atoms with E-state index < -0.39 is 11.8 Å². The molecule has 3 rings (SSSR count). The average molecular weight is 423 g/mol. The van der Waals surface area contributed by atoms with Crippen molar-refractivity contribution >= 4 is 17.4 Å². The van der Waals surface area contributed by atoms with Crippen LogP contribution in [-0.2, 0) is 11.2 Å². The van der Waals surface area contributed by atoms with Crippen molar-refractivity contribution in [3.63, 3.8) is 0 Å². The zero-order chi connectivity index (χ0) is 22.5. The molecule has 0 aliphatic heterocycles. The molecule has 1 amide bonds. The second-order valence-corrected chi connectivity index (χ2v) is 7.21.